The Morgan fingerprint density at radius 2 is 2.00 bits per heavy atom. The van der Waals surface area contributed by atoms with Crippen molar-refractivity contribution >= 4 is 22.4 Å². The molecular weight excluding hydrogens is 368 g/mol. The summed E-state index contributed by atoms with van der Waals surface area (Å²) < 4.78 is 21.5. The third-order valence-electron chi connectivity index (χ3n) is 4.04. The van der Waals surface area contributed by atoms with E-state index in [0.717, 1.165) is 5.56 Å². The van der Waals surface area contributed by atoms with E-state index in [-0.39, 0.29) is 12.7 Å². The lowest BCUT2D eigenvalue weighted by atomic mass is 10.1. The number of ether oxygens (including phenoxy) is 4. The van der Waals surface area contributed by atoms with E-state index in [1.54, 1.807) is 18.2 Å². The summed E-state index contributed by atoms with van der Waals surface area (Å²) in [7, 11) is 3.02. The van der Waals surface area contributed by atoms with Crippen molar-refractivity contribution in [2.45, 2.75) is 0 Å². The van der Waals surface area contributed by atoms with Gasteiger partial charge in [-0.1, -0.05) is 12.1 Å². The van der Waals surface area contributed by atoms with Crippen molar-refractivity contribution < 1.29 is 23.7 Å². The summed E-state index contributed by atoms with van der Waals surface area (Å²) in [5.41, 5.74) is 1.89. The minimum Gasteiger partial charge on any atom is -0.493 e. The van der Waals surface area contributed by atoms with Crippen LogP contribution in [0.2, 0.25) is 0 Å². The zero-order valence-corrected chi connectivity index (χ0v) is 15.5. The maximum atomic E-state index is 12.7. The Morgan fingerprint density at radius 3 is 2.81 bits per heavy atom. The van der Waals surface area contributed by atoms with Gasteiger partial charge in [-0.05, 0) is 24.3 Å². The fourth-order valence-corrected chi connectivity index (χ4v) is 3.52. The molecule has 1 N–H and O–H groups in total. The van der Waals surface area contributed by atoms with Crippen LogP contribution < -0.4 is 24.3 Å². The topological polar surface area (TPSA) is 78.9 Å². The van der Waals surface area contributed by atoms with Crippen LogP contribution in [-0.4, -0.2) is 31.9 Å². The maximum Gasteiger partial charge on any atom is 0.261 e. The van der Waals surface area contributed by atoms with Crippen LogP contribution in [0.4, 0.5) is 5.13 Å². The second kappa shape index (κ2) is 7.16. The Balaban J connectivity index is 1.59. The van der Waals surface area contributed by atoms with Crippen molar-refractivity contribution in [3.63, 3.8) is 0 Å². The lowest BCUT2D eigenvalue weighted by Crippen LogP contribution is -2.13. The maximum absolute atomic E-state index is 12.7. The van der Waals surface area contributed by atoms with Gasteiger partial charge in [0.2, 0.25) is 6.79 Å². The first-order chi connectivity index (χ1) is 13.2. The first-order valence-electron chi connectivity index (χ1n) is 8.08. The van der Waals surface area contributed by atoms with Crippen LogP contribution >= 0.6 is 11.3 Å². The summed E-state index contributed by atoms with van der Waals surface area (Å²) in [4.78, 5) is 17.2. The summed E-state index contributed by atoms with van der Waals surface area (Å²) in [6.07, 6.45) is 0. The molecule has 0 fully saturated rings. The number of carbonyl (C=O) groups excluding carboxylic acids is 1. The van der Waals surface area contributed by atoms with E-state index in [0.29, 0.717) is 39.4 Å². The summed E-state index contributed by atoms with van der Waals surface area (Å²) >= 11 is 1.32. The van der Waals surface area contributed by atoms with E-state index < -0.39 is 0 Å². The van der Waals surface area contributed by atoms with Crippen LogP contribution in [0.3, 0.4) is 0 Å². The van der Waals surface area contributed by atoms with Crippen molar-refractivity contribution in [1.29, 1.82) is 0 Å². The summed E-state index contributed by atoms with van der Waals surface area (Å²) in [5.74, 6) is 1.88. The molecule has 0 saturated heterocycles. The van der Waals surface area contributed by atoms with E-state index in [4.69, 9.17) is 18.9 Å². The Labute approximate surface area is 159 Å². The van der Waals surface area contributed by atoms with Gasteiger partial charge in [-0.25, -0.2) is 4.98 Å². The highest BCUT2D eigenvalue weighted by Gasteiger charge is 2.21. The van der Waals surface area contributed by atoms with E-state index in [2.05, 4.69) is 10.3 Å². The lowest BCUT2D eigenvalue weighted by Gasteiger charge is -2.11. The number of para-hydroxylation sites is 2. The number of anilines is 1. The molecule has 0 spiro atoms. The zero-order valence-electron chi connectivity index (χ0n) is 14.6. The van der Waals surface area contributed by atoms with Crippen molar-refractivity contribution in [3.05, 3.63) is 47.3 Å². The fourth-order valence-electron chi connectivity index (χ4n) is 2.82. The highest BCUT2D eigenvalue weighted by Crippen LogP contribution is 2.41. The van der Waals surface area contributed by atoms with E-state index >= 15 is 0 Å². The molecule has 1 aliphatic heterocycles. The van der Waals surface area contributed by atoms with Crippen molar-refractivity contribution in [2.24, 2.45) is 0 Å². The van der Waals surface area contributed by atoms with Crippen LogP contribution in [0.15, 0.2) is 41.8 Å². The van der Waals surface area contributed by atoms with Gasteiger partial charge in [0.25, 0.3) is 5.91 Å². The normalized spacial score (nSPS) is 11.9. The molecule has 7 nitrogen and oxygen atoms in total. The number of nitrogens with one attached hydrogen (secondary N) is 1. The molecule has 8 heteroatoms. The summed E-state index contributed by atoms with van der Waals surface area (Å²) in [6.45, 7) is 0.190. The quantitative estimate of drug-likeness (QED) is 0.721. The molecule has 3 aromatic rings. The number of benzene rings is 2. The monoisotopic (exact) mass is 384 g/mol. The fraction of sp³-hybridized carbons (Fsp3) is 0.158. The second-order valence-electron chi connectivity index (χ2n) is 5.57. The van der Waals surface area contributed by atoms with Gasteiger partial charge < -0.3 is 18.9 Å². The van der Waals surface area contributed by atoms with E-state index in [9.17, 15) is 4.79 Å². The molecule has 0 unspecified atom stereocenters. The Kier molecular flexibility index (Phi) is 4.55. The number of amides is 1. The van der Waals surface area contributed by atoms with Gasteiger partial charge in [0.1, 0.15) is 0 Å². The molecule has 0 saturated carbocycles. The molecule has 4 rings (SSSR count). The second-order valence-corrected chi connectivity index (χ2v) is 6.43. The Hall–Kier alpha value is -3.26. The van der Waals surface area contributed by atoms with Crippen molar-refractivity contribution in [2.75, 3.05) is 26.3 Å². The van der Waals surface area contributed by atoms with Gasteiger partial charge >= 0.3 is 0 Å². The molecule has 0 aliphatic carbocycles. The van der Waals surface area contributed by atoms with Crippen molar-refractivity contribution in [3.8, 4) is 34.3 Å². The first kappa shape index (κ1) is 17.2. The number of hydrogen-bond acceptors (Lipinski definition) is 7. The number of aromatic nitrogens is 1. The third-order valence-corrected chi connectivity index (χ3v) is 4.80. The van der Waals surface area contributed by atoms with Crippen molar-refractivity contribution in [1.82, 2.24) is 4.98 Å². The Morgan fingerprint density at radius 1 is 1.15 bits per heavy atom. The van der Waals surface area contributed by atoms with Crippen LogP contribution in [0, 0.1) is 0 Å². The van der Waals surface area contributed by atoms with Crippen LogP contribution in [0.1, 0.15) is 10.4 Å². The predicted octanol–water partition coefficient (Wildman–Crippen LogP) is 3.81. The first-order valence-corrected chi connectivity index (χ1v) is 8.96. The molecule has 1 amide bonds. The number of fused-ring (bicyclic) bond motifs is 1. The number of nitrogens with zero attached hydrogens (tertiary/aromatic N) is 1. The van der Waals surface area contributed by atoms with Crippen LogP contribution in [-0.2, 0) is 0 Å². The molecule has 0 radical (unpaired) electrons. The number of methoxy groups -OCH3 is 2. The number of rotatable bonds is 5. The molecule has 138 valence electrons. The van der Waals surface area contributed by atoms with Crippen LogP contribution in [0.5, 0.6) is 23.0 Å². The predicted molar refractivity (Wildman–Crippen MR) is 101 cm³/mol. The van der Waals surface area contributed by atoms with Crippen LogP contribution in [0.25, 0.3) is 11.3 Å². The molecule has 27 heavy (non-hydrogen) atoms. The van der Waals surface area contributed by atoms with Gasteiger partial charge in [-0.3, -0.25) is 10.1 Å². The van der Waals surface area contributed by atoms with E-state index in [1.807, 2.05) is 23.6 Å². The molecule has 0 atom stereocenters. The minimum absolute atomic E-state index is 0.190. The molecule has 2 aromatic carbocycles. The largest absolute Gasteiger partial charge is 0.493 e. The van der Waals surface area contributed by atoms with Gasteiger partial charge in [-0.2, -0.15) is 0 Å². The Bertz CT molecular complexity index is 1000. The highest BCUT2D eigenvalue weighted by molar-refractivity contribution is 7.14. The summed E-state index contributed by atoms with van der Waals surface area (Å²) in [6, 6.07) is 10.8. The van der Waals surface area contributed by atoms with Gasteiger partial charge in [0.05, 0.1) is 25.5 Å². The van der Waals surface area contributed by atoms with Gasteiger partial charge in [-0.15, -0.1) is 11.3 Å². The standard InChI is InChI=1S/C19H16N2O5S/c1-23-14-7-4-6-12(16(14)24-2)18(22)21-19-20-13(9-27-19)11-5-3-8-15-17(11)26-10-25-15/h3-9H,10H2,1-2H3,(H,20,21,22). The smallest absolute Gasteiger partial charge is 0.261 e. The number of thiazole rings is 1. The minimum atomic E-state index is -0.329. The SMILES string of the molecule is COc1cccc(C(=O)Nc2nc(-c3cccc4c3OCO4)cs2)c1OC. The molecule has 2 heterocycles. The number of carbonyl (C=O) groups is 1. The molecule has 0 bridgehead atoms. The van der Waals surface area contributed by atoms with Gasteiger partial charge in [0, 0.05) is 10.9 Å². The number of hydrogen-bond donors (Lipinski definition) is 1. The molecule has 1 aliphatic rings. The lowest BCUT2D eigenvalue weighted by molar-refractivity contribution is 0.102. The molecular formula is C19H16N2O5S. The average Bonchev–Trinajstić information content (AvgIpc) is 3.36. The molecule has 1 aromatic heterocycles. The van der Waals surface area contributed by atoms with E-state index in [1.165, 1.54) is 25.6 Å². The summed E-state index contributed by atoms with van der Waals surface area (Å²) in [5, 5.41) is 5.13. The third kappa shape index (κ3) is 3.15. The van der Waals surface area contributed by atoms with Gasteiger partial charge in [0.15, 0.2) is 28.1 Å². The average molecular weight is 384 g/mol. The zero-order chi connectivity index (χ0) is 18.8. The highest BCUT2D eigenvalue weighted by atomic mass is 32.1.